The number of aliphatic hydroxyl groups is 1. The molecule has 4 nitrogen and oxygen atoms in total. The van der Waals surface area contributed by atoms with Crippen molar-refractivity contribution in [1.29, 1.82) is 0 Å². The molecule has 0 spiro atoms. The van der Waals surface area contributed by atoms with E-state index in [2.05, 4.69) is 5.32 Å². The van der Waals surface area contributed by atoms with Gasteiger partial charge >= 0.3 is 6.09 Å². The van der Waals surface area contributed by atoms with Gasteiger partial charge in [0.2, 0.25) is 0 Å². The van der Waals surface area contributed by atoms with Gasteiger partial charge in [0.15, 0.2) is 0 Å². The number of ether oxygens (including phenoxy) is 1. The van der Waals surface area contributed by atoms with Crippen molar-refractivity contribution in [3.63, 3.8) is 0 Å². The highest BCUT2D eigenvalue weighted by Gasteiger charge is 2.22. The van der Waals surface area contributed by atoms with Gasteiger partial charge in [0.1, 0.15) is 5.60 Å². The quantitative estimate of drug-likeness (QED) is 0.829. The Balaban J connectivity index is 0.00000154. The molecule has 0 aliphatic heterocycles. The summed E-state index contributed by atoms with van der Waals surface area (Å²) in [5, 5.41) is 11.9. The standard InChI is InChI=1S/C13H25NO3.C2H6/c1-13(2,3)17-12(16)14-8-10-4-6-11(9-15)7-5-10;1-2/h10-11,15H,4-9H2,1-3H3,(H,14,16);1-2H3. The average molecular weight is 273 g/mol. The SMILES string of the molecule is CC.CC(C)(C)OC(=O)NCC1CCC(CO)CC1. The maximum Gasteiger partial charge on any atom is 0.407 e. The fraction of sp³-hybridized carbons (Fsp3) is 0.933. The molecule has 1 aliphatic carbocycles. The number of hydrogen-bond donors (Lipinski definition) is 2. The summed E-state index contributed by atoms with van der Waals surface area (Å²) in [6, 6.07) is 0. The second kappa shape index (κ2) is 9.18. The Morgan fingerprint density at radius 1 is 1.16 bits per heavy atom. The minimum absolute atomic E-state index is 0.298. The number of aliphatic hydroxyl groups excluding tert-OH is 1. The van der Waals surface area contributed by atoms with E-state index in [4.69, 9.17) is 9.84 Å². The van der Waals surface area contributed by atoms with Gasteiger partial charge < -0.3 is 15.2 Å². The van der Waals surface area contributed by atoms with Crippen LogP contribution in [0.5, 0.6) is 0 Å². The largest absolute Gasteiger partial charge is 0.444 e. The van der Waals surface area contributed by atoms with Crippen LogP contribution in [0.25, 0.3) is 0 Å². The van der Waals surface area contributed by atoms with Gasteiger partial charge in [-0.2, -0.15) is 0 Å². The van der Waals surface area contributed by atoms with E-state index in [0.717, 1.165) is 25.7 Å². The first-order valence-electron chi connectivity index (χ1n) is 7.48. The van der Waals surface area contributed by atoms with Crippen molar-refractivity contribution in [3.8, 4) is 0 Å². The number of carbonyl (C=O) groups excluding carboxylic acids is 1. The number of carbonyl (C=O) groups is 1. The van der Waals surface area contributed by atoms with Crippen LogP contribution in [-0.4, -0.2) is 30.0 Å². The van der Waals surface area contributed by atoms with Crippen molar-refractivity contribution in [3.05, 3.63) is 0 Å². The van der Waals surface area contributed by atoms with Gasteiger partial charge in [-0.3, -0.25) is 0 Å². The molecule has 0 aromatic rings. The first kappa shape index (κ1) is 18.2. The molecule has 0 atom stereocenters. The molecule has 0 heterocycles. The summed E-state index contributed by atoms with van der Waals surface area (Å²) in [6.07, 6.45) is 3.97. The molecule has 19 heavy (non-hydrogen) atoms. The third-order valence-electron chi connectivity index (χ3n) is 3.16. The maximum absolute atomic E-state index is 11.4. The van der Waals surface area contributed by atoms with Crippen LogP contribution in [-0.2, 0) is 4.74 Å². The Bertz CT molecular complexity index is 240. The molecule has 4 heteroatoms. The lowest BCUT2D eigenvalue weighted by molar-refractivity contribution is 0.0510. The Kier molecular flexibility index (Phi) is 8.81. The molecule has 1 aliphatic rings. The average Bonchev–Trinajstić information content (AvgIpc) is 2.37. The van der Waals surface area contributed by atoms with Gasteiger partial charge in [0.25, 0.3) is 0 Å². The highest BCUT2D eigenvalue weighted by molar-refractivity contribution is 5.67. The van der Waals surface area contributed by atoms with Crippen molar-refractivity contribution >= 4 is 6.09 Å². The van der Waals surface area contributed by atoms with Crippen molar-refractivity contribution in [2.45, 2.75) is 65.9 Å². The molecule has 2 N–H and O–H groups in total. The fourth-order valence-corrected chi connectivity index (χ4v) is 2.16. The number of nitrogens with one attached hydrogen (secondary N) is 1. The van der Waals surface area contributed by atoms with Crippen LogP contribution in [0.15, 0.2) is 0 Å². The molecule has 1 saturated carbocycles. The van der Waals surface area contributed by atoms with Crippen LogP contribution in [0, 0.1) is 11.8 Å². The predicted octanol–water partition coefficient (Wildman–Crippen LogP) is 3.34. The molecular weight excluding hydrogens is 242 g/mol. The number of hydrogen-bond acceptors (Lipinski definition) is 3. The predicted molar refractivity (Wildman–Crippen MR) is 78.1 cm³/mol. The lowest BCUT2D eigenvalue weighted by Gasteiger charge is -2.27. The Morgan fingerprint density at radius 2 is 1.63 bits per heavy atom. The number of rotatable bonds is 3. The van der Waals surface area contributed by atoms with Gasteiger partial charge in [0.05, 0.1) is 0 Å². The molecule has 0 aromatic carbocycles. The number of amides is 1. The van der Waals surface area contributed by atoms with Crippen LogP contribution in [0.4, 0.5) is 4.79 Å². The Labute approximate surface area is 117 Å². The first-order valence-corrected chi connectivity index (χ1v) is 7.48. The minimum Gasteiger partial charge on any atom is -0.444 e. The van der Waals surface area contributed by atoms with Crippen LogP contribution in [0.1, 0.15) is 60.3 Å². The zero-order valence-electron chi connectivity index (χ0n) is 13.2. The zero-order chi connectivity index (χ0) is 14.9. The fourth-order valence-electron chi connectivity index (χ4n) is 2.16. The Morgan fingerprint density at radius 3 is 2.05 bits per heavy atom. The third kappa shape index (κ3) is 8.87. The summed E-state index contributed by atoms with van der Waals surface area (Å²) < 4.78 is 5.18. The van der Waals surface area contributed by atoms with Crippen LogP contribution in [0.3, 0.4) is 0 Å². The molecule has 114 valence electrons. The van der Waals surface area contributed by atoms with Gasteiger partial charge in [0, 0.05) is 13.2 Å². The van der Waals surface area contributed by atoms with E-state index in [-0.39, 0.29) is 6.09 Å². The van der Waals surface area contributed by atoms with Crippen LogP contribution >= 0.6 is 0 Å². The van der Waals surface area contributed by atoms with E-state index < -0.39 is 5.60 Å². The monoisotopic (exact) mass is 273 g/mol. The molecule has 1 rings (SSSR count). The van der Waals surface area contributed by atoms with Crippen molar-refractivity contribution in [1.82, 2.24) is 5.32 Å². The Hall–Kier alpha value is -0.770. The summed E-state index contributed by atoms with van der Waals surface area (Å²) in [5.41, 5.74) is -0.432. The normalized spacial score (nSPS) is 23.1. The van der Waals surface area contributed by atoms with E-state index >= 15 is 0 Å². The van der Waals surface area contributed by atoms with Crippen LogP contribution in [0.2, 0.25) is 0 Å². The highest BCUT2D eigenvalue weighted by atomic mass is 16.6. The third-order valence-corrected chi connectivity index (χ3v) is 3.16. The van der Waals surface area contributed by atoms with Gasteiger partial charge in [-0.1, -0.05) is 13.8 Å². The lowest BCUT2D eigenvalue weighted by atomic mass is 9.82. The molecule has 0 radical (unpaired) electrons. The maximum atomic E-state index is 11.4. The van der Waals surface area contributed by atoms with Gasteiger partial charge in [-0.25, -0.2) is 4.79 Å². The van der Waals surface area contributed by atoms with Crippen molar-refractivity contribution < 1.29 is 14.6 Å². The minimum atomic E-state index is -0.432. The van der Waals surface area contributed by atoms with Crippen molar-refractivity contribution in [2.24, 2.45) is 11.8 Å². The van der Waals surface area contributed by atoms with Gasteiger partial charge in [-0.15, -0.1) is 0 Å². The molecule has 0 saturated heterocycles. The summed E-state index contributed by atoms with van der Waals surface area (Å²) in [5.74, 6) is 0.998. The van der Waals surface area contributed by atoms with Crippen molar-refractivity contribution in [2.75, 3.05) is 13.2 Å². The van der Waals surface area contributed by atoms with Gasteiger partial charge in [-0.05, 0) is 58.3 Å². The molecule has 0 bridgehead atoms. The highest BCUT2D eigenvalue weighted by Crippen LogP contribution is 2.27. The summed E-state index contributed by atoms with van der Waals surface area (Å²) in [6.45, 7) is 10.6. The summed E-state index contributed by atoms with van der Waals surface area (Å²) >= 11 is 0. The van der Waals surface area contributed by atoms with E-state index in [1.807, 2.05) is 34.6 Å². The first-order chi connectivity index (χ1) is 8.90. The van der Waals surface area contributed by atoms with E-state index in [0.29, 0.717) is 25.0 Å². The second-order valence-corrected chi connectivity index (χ2v) is 5.95. The zero-order valence-corrected chi connectivity index (χ0v) is 13.2. The smallest absolute Gasteiger partial charge is 0.407 e. The summed E-state index contributed by atoms with van der Waals surface area (Å²) in [4.78, 5) is 11.4. The molecule has 0 unspecified atom stereocenters. The topological polar surface area (TPSA) is 58.6 Å². The van der Waals surface area contributed by atoms with E-state index in [1.54, 1.807) is 0 Å². The molecule has 1 amide bonds. The molecule has 0 aromatic heterocycles. The van der Waals surface area contributed by atoms with E-state index in [1.165, 1.54) is 0 Å². The van der Waals surface area contributed by atoms with Crippen LogP contribution < -0.4 is 5.32 Å². The number of alkyl carbamates (subject to hydrolysis) is 1. The lowest BCUT2D eigenvalue weighted by Crippen LogP contribution is -2.36. The summed E-state index contributed by atoms with van der Waals surface area (Å²) in [7, 11) is 0. The molecular formula is C15H31NO3. The van der Waals surface area contributed by atoms with E-state index in [9.17, 15) is 4.79 Å². The molecule has 1 fully saturated rings. The second-order valence-electron chi connectivity index (χ2n) is 5.95.